The number of hydrogen-bond acceptors (Lipinski definition) is 4. The lowest BCUT2D eigenvalue weighted by atomic mass is 10.2. The van der Waals surface area contributed by atoms with Gasteiger partial charge in [-0.05, 0) is 29.9 Å². The van der Waals surface area contributed by atoms with Gasteiger partial charge < -0.3 is 0 Å². The highest BCUT2D eigenvalue weighted by atomic mass is 35.5. The molecule has 2 heterocycles. The van der Waals surface area contributed by atoms with Crippen LogP contribution in [0.15, 0.2) is 54.6 Å². The fourth-order valence-corrected chi connectivity index (χ4v) is 3.77. The fraction of sp³-hybridized carbons (Fsp3) is 0.300. The molecule has 5 nitrogen and oxygen atoms in total. The Kier molecular flexibility index (Phi) is 5.69. The van der Waals surface area contributed by atoms with Crippen molar-refractivity contribution in [1.29, 1.82) is 0 Å². The van der Waals surface area contributed by atoms with Crippen LogP contribution >= 0.6 is 23.8 Å². The molecule has 0 bridgehead atoms. The average molecular weight is 400 g/mol. The van der Waals surface area contributed by atoms with Crippen LogP contribution in [0.2, 0.25) is 5.02 Å². The topological polar surface area (TPSA) is 40.1 Å². The van der Waals surface area contributed by atoms with Crippen LogP contribution < -0.4 is 0 Å². The van der Waals surface area contributed by atoms with Crippen LogP contribution in [0, 0.1) is 4.77 Å². The number of nitrogens with zero attached hydrogens (tertiary/aromatic N) is 4. The number of hydrogen-bond donors (Lipinski definition) is 1. The molecule has 4 rings (SSSR count). The van der Waals surface area contributed by atoms with Crippen LogP contribution in [-0.2, 0) is 13.2 Å². The molecule has 0 unspecified atom stereocenters. The highest BCUT2D eigenvalue weighted by molar-refractivity contribution is 7.71. The van der Waals surface area contributed by atoms with Crippen LogP contribution in [0.25, 0.3) is 11.4 Å². The molecule has 1 aliphatic rings. The first kappa shape index (κ1) is 18.4. The Balaban J connectivity index is 1.34. The molecule has 1 fully saturated rings. The Labute approximate surface area is 169 Å². The lowest BCUT2D eigenvalue weighted by Crippen LogP contribution is -2.46. The van der Waals surface area contributed by atoms with E-state index in [-0.39, 0.29) is 0 Å². The minimum atomic E-state index is 0.593. The van der Waals surface area contributed by atoms with Gasteiger partial charge in [0.15, 0.2) is 5.82 Å². The van der Waals surface area contributed by atoms with Crippen molar-refractivity contribution in [2.75, 3.05) is 26.2 Å². The molecule has 0 radical (unpaired) electrons. The van der Waals surface area contributed by atoms with E-state index in [1.165, 1.54) is 5.56 Å². The Morgan fingerprint density at radius 2 is 1.70 bits per heavy atom. The van der Waals surface area contributed by atoms with Crippen molar-refractivity contribution in [3.63, 3.8) is 0 Å². The number of rotatable bonds is 5. The molecular formula is C20H22ClN5S. The van der Waals surface area contributed by atoms with Gasteiger partial charge in [-0.25, -0.2) is 4.68 Å². The third-order valence-electron chi connectivity index (χ3n) is 4.83. The monoisotopic (exact) mass is 399 g/mol. The molecule has 1 saturated heterocycles. The smallest absolute Gasteiger partial charge is 0.217 e. The molecule has 2 aromatic carbocycles. The second-order valence-corrected chi connectivity index (χ2v) is 7.62. The zero-order valence-electron chi connectivity index (χ0n) is 15.0. The maximum absolute atomic E-state index is 6.09. The third kappa shape index (κ3) is 4.65. The Bertz CT molecular complexity index is 944. The Morgan fingerprint density at radius 1 is 0.963 bits per heavy atom. The van der Waals surface area contributed by atoms with Crippen molar-refractivity contribution in [1.82, 2.24) is 24.6 Å². The highest BCUT2D eigenvalue weighted by Gasteiger charge is 2.18. The molecule has 3 aromatic rings. The fourth-order valence-electron chi connectivity index (χ4n) is 3.36. The first-order valence-corrected chi connectivity index (χ1v) is 9.87. The Morgan fingerprint density at radius 3 is 2.44 bits per heavy atom. The molecule has 140 valence electrons. The van der Waals surface area contributed by atoms with Crippen molar-refractivity contribution in [3.8, 4) is 11.4 Å². The summed E-state index contributed by atoms with van der Waals surface area (Å²) in [6, 6.07) is 18.2. The summed E-state index contributed by atoms with van der Waals surface area (Å²) < 4.78 is 2.54. The zero-order chi connectivity index (χ0) is 18.6. The van der Waals surface area contributed by atoms with E-state index in [1.54, 1.807) is 0 Å². The van der Waals surface area contributed by atoms with Crippen molar-refractivity contribution in [3.05, 3.63) is 70.0 Å². The minimum absolute atomic E-state index is 0.593. The van der Waals surface area contributed by atoms with Crippen LogP contribution in [-0.4, -0.2) is 50.7 Å². The molecule has 1 N–H and O–H groups in total. The molecule has 0 atom stereocenters. The third-order valence-corrected chi connectivity index (χ3v) is 5.37. The predicted molar refractivity (Wildman–Crippen MR) is 111 cm³/mol. The maximum Gasteiger partial charge on any atom is 0.217 e. The molecule has 27 heavy (non-hydrogen) atoms. The van der Waals surface area contributed by atoms with Crippen LogP contribution in [0.5, 0.6) is 0 Å². The van der Waals surface area contributed by atoms with Gasteiger partial charge in [-0.15, -0.1) is 0 Å². The summed E-state index contributed by atoms with van der Waals surface area (Å²) in [5.74, 6) is 0.820. The normalized spacial score (nSPS) is 15.9. The number of piperazine rings is 1. The van der Waals surface area contributed by atoms with E-state index in [0.29, 0.717) is 4.77 Å². The van der Waals surface area contributed by atoms with Gasteiger partial charge in [-0.1, -0.05) is 54.1 Å². The number of halogens is 1. The quantitative estimate of drug-likeness (QED) is 0.657. The maximum atomic E-state index is 6.09. The first-order chi connectivity index (χ1) is 13.2. The summed E-state index contributed by atoms with van der Waals surface area (Å²) in [7, 11) is 0. The highest BCUT2D eigenvalue weighted by Crippen LogP contribution is 2.16. The largest absolute Gasteiger partial charge is 0.297 e. The zero-order valence-corrected chi connectivity index (χ0v) is 16.6. The molecule has 7 heteroatoms. The molecular weight excluding hydrogens is 378 g/mol. The summed E-state index contributed by atoms with van der Waals surface area (Å²) in [4.78, 5) is 9.36. The Hall–Kier alpha value is -1.99. The summed E-state index contributed by atoms with van der Waals surface area (Å²) in [5.41, 5.74) is 2.31. The van der Waals surface area contributed by atoms with Crippen LogP contribution in [0.4, 0.5) is 0 Å². The number of H-pyrrole nitrogens is 1. The summed E-state index contributed by atoms with van der Waals surface area (Å²) in [5, 5.41) is 4.13. The minimum Gasteiger partial charge on any atom is -0.297 e. The van der Waals surface area contributed by atoms with Gasteiger partial charge in [0.25, 0.3) is 0 Å². The molecule has 0 amide bonds. The SMILES string of the molecule is S=c1nc(-c2ccccc2)[nH]n1CN1CCN(Cc2cccc(Cl)c2)CC1. The molecule has 1 aromatic heterocycles. The van der Waals surface area contributed by atoms with Gasteiger partial charge in [0.1, 0.15) is 0 Å². The van der Waals surface area contributed by atoms with Crippen LogP contribution in [0.3, 0.4) is 0 Å². The van der Waals surface area contributed by atoms with Crippen molar-refractivity contribution < 1.29 is 0 Å². The predicted octanol–water partition coefficient (Wildman–Crippen LogP) is 4.04. The molecule has 0 aliphatic carbocycles. The van der Waals surface area contributed by atoms with Crippen molar-refractivity contribution >= 4 is 23.8 Å². The summed E-state index contributed by atoms with van der Waals surface area (Å²) >= 11 is 11.5. The number of nitrogens with one attached hydrogen (secondary N) is 1. The molecule has 0 saturated carbocycles. The standard InChI is InChI=1S/C20H22ClN5S/c21-18-8-4-5-16(13-18)14-24-9-11-25(12-10-24)15-26-20(27)22-19(23-26)17-6-2-1-3-7-17/h1-8,13H,9-12,14-15H2,(H,22,23,27). The van der Waals surface area contributed by atoms with E-state index < -0.39 is 0 Å². The van der Waals surface area contributed by atoms with Gasteiger partial charge in [0, 0.05) is 43.3 Å². The van der Waals surface area contributed by atoms with Crippen LogP contribution in [0.1, 0.15) is 5.56 Å². The van der Waals surface area contributed by atoms with E-state index in [0.717, 1.165) is 55.8 Å². The van der Waals surface area contributed by atoms with Gasteiger partial charge in [0.2, 0.25) is 4.77 Å². The molecule has 1 aliphatic heterocycles. The first-order valence-electron chi connectivity index (χ1n) is 9.09. The number of benzene rings is 2. The van der Waals surface area contributed by atoms with Gasteiger partial charge in [-0.3, -0.25) is 14.9 Å². The van der Waals surface area contributed by atoms with Crippen molar-refractivity contribution in [2.24, 2.45) is 0 Å². The summed E-state index contributed by atoms with van der Waals surface area (Å²) in [6.07, 6.45) is 0. The van der Waals surface area contributed by atoms with E-state index in [9.17, 15) is 0 Å². The van der Waals surface area contributed by atoms with E-state index in [1.807, 2.05) is 53.2 Å². The van der Waals surface area contributed by atoms with Gasteiger partial charge >= 0.3 is 0 Å². The average Bonchev–Trinajstić information content (AvgIpc) is 3.05. The molecule has 0 spiro atoms. The van der Waals surface area contributed by atoms with E-state index in [4.69, 9.17) is 23.8 Å². The number of aromatic amines is 1. The van der Waals surface area contributed by atoms with Gasteiger partial charge in [-0.2, -0.15) is 4.98 Å². The second-order valence-electron chi connectivity index (χ2n) is 6.81. The lowest BCUT2D eigenvalue weighted by molar-refractivity contribution is 0.0982. The van der Waals surface area contributed by atoms with E-state index >= 15 is 0 Å². The van der Waals surface area contributed by atoms with Crippen molar-refractivity contribution in [2.45, 2.75) is 13.2 Å². The second kappa shape index (κ2) is 8.35. The summed E-state index contributed by atoms with van der Waals surface area (Å²) in [6.45, 7) is 5.74. The lowest BCUT2D eigenvalue weighted by Gasteiger charge is -2.34. The number of aromatic nitrogens is 3. The van der Waals surface area contributed by atoms with E-state index in [2.05, 4.69) is 25.9 Å². The van der Waals surface area contributed by atoms with Gasteiger partial charge in [0.05, 0.1) is 6.67 Å².